The van der Waals surface area contributed by atoms with Gasteiger partial charge >= 0.3 is 20.8 Å². The molecule has 0 aliphatic carbocycles. The molecule has 18 heavy (non-hydrogen) atoms. The Morgan fingerprint density at radius 1 is 0.889 bits per heavy atom. The Hall–Kier alpha value is -0.340. The second-order valence-electron chi connectivity index (χ2n) is 2.17. The summed E-state index contributed by atoms with van der Waals surface area (Å²) in [5.74, 6) is 0. The quantitative estimate of drug-likeness (QED) is 0.502. The van der Waals surface area contributed by atoms with Crippen LogP contribution in [0.4, 0.5) is 0 Å². The van der Waals surface area contributed by atoms with E-state index in [9.17, 15) is 16.8 Å². The van der Waals surface area contributed by atoms with Gasteiger partial charge in [-0.1, -0.05) is 0 Å². The van der Waals surface area contributed by atoms with Gasteiger partial charge in [-0.25, -0.2) is 8.37 Å². The molecule has 0 radical (unpaired) electrons. The van der Waals surface area contributed by atoms with Crippen LogP contribution in [-0.4, -0.2) is 53.3 Å². The van der Waals surface area contributed by atoms with Crippen molar-refractivity contribution in [3.05, 3.63) is 0 Å². The van der Waals surface area contributed by atoms with Gasteiger partial charge < -0.3 is 11.5 Å². The molecule has 0 amide bonds. The van der Waals surface area contributed by atoms with Gasteiger partial charge in [0.2, 0.25) is 0 Å². The van der Waals surface area contributed by atoms with Crippen molar-refractivity contribution < 1.29 is 34.3 Å². The summed E-state index contributed by atoms with van der Waals surface area (Å²) in [5, 5.41) is 2.75. The molecule has 0 saturated heterocycles. The van der Waals surface area contributed by atoms with Crippen molar-refractivity contribution in [2.24, 2.45) is 0 Å². The van der Waals surface area contributed by atoms with E-state index in [1.54, 1.807) is 0 Å². The van der Waals surface area contributed by atoms with Crippen molar-refractivity contribution in [1.29, 1.82) is 0 Å². The molecular formula is C6H22N2O8S2. The van der Waals surface area contributed by atoms with E-state index in [4.69, 9.17) is 9.11 Å². The Morgan fingerprint density at radius 2 is 1.06 bits per heavy atom. The molecule has 0 unspecified atom stereocenters. The summed E-state index contributed by atoms with van der Waals surface area (Å²) in [6, 6.07) is 0. The molecule has 0 aliphatic heterocycles. The van der Waals surface area contributed by atoms with E-state index in [-0.39, 0.29) is 19.4 Å². The van der Waals surface area contributed by atoms with Crippen LogP contribution in [0.2, 0.25) is 0 Å². The third kappa shape index (κ3) is 57.4. The van der Waals surface area contributed by atoms with Gasteiger partial charge in [-0.2, -0.15) is 16.8 Å². The first-order valence-corrected chi connectivity index (χ1v) is 7.09. The predicted molar refractivity (Wildman–Crippen MR) is 66.4 cm³/mol. The van der Waals surface area contributed by atoms with Crippen LogP contribution in [0.3, 0.4) is 0 Å². The molecule has 0 aromatic rings. The van der Waals surface area contributed by atoms with Gasteiger partial charge in [0, 0.05) is 0 Å². The lowest BCUT2D eigenvalue weighted by Gasteiger charge is -1.88. The van der Waals surface area contributed by atoms with Crippen LogP contribution >= 0.6 is 0 Å². The molecule has 0 aliphatic rings. The zero-order chi connectivity index (χ0) is 14.5. The first kappa shape index (κ1) is 26.3. The third-order valence-electron chi connectivity index (χ3n) is 0.534. The van der Waals surface area contributed by atoms with E-state index in [0.717, 1.165) is 0 Å². The summed E-state index contributed by atoms with van der Waals surface area (Å²) >= 11 is 0. The molecule has 0 rings (SSSR count). The lowest BCUT2D eigenvalue weighted by atomic mass is 10.9. The Kier molecular flexibility index (Phi) is 21.5. The van der Waals surface area contributed by atoms with E-state index in [1.807, 2.05) is 14.1 Å². The topological polar surface area (TPSA) is 174 Å². The molecule has 0 fully saturated rings. The average Bonchev–Trinajstić information content (AvgIpc) is 2.01. The van der Waals surface area contributed by atoms with Crippen molar-refractivity contribution in [3.63, 3.8) is 0 Å². The van der Waals surface area contributed by atoms with Crippen LogP contribution in [0, 0.1) is 0 Å². The average molecular weight is 314 g/mol. The highest BCUT2D eigenvalue weighted by atomic mass is 32.3. The molecule has 116 valence electrons. The normalized spacial score (nSPS) is 10.1. The first-order valence-electron chi connectivity index (χ1n) is 4.36. The summed E-state index contributed by atoms with van der Waals surface area (Å²) in [4.78, 5) is 0. The fraction of sp³-hybridized carbons (Fsp3) is 1.00. The van der Waals surface area contributed by atoms with Crippen molar-refractivity contribution in [1.82, 2.24) is 11.5 Å². The number of nitrogens with one attached hydrogen (secondary N) is 1. The van der Waals surface area contributed by atoms with Crippen LogP contribution in [0.5, 0.6) is 0 Å². The minimum absolute atomic E-state index is 0. The molecule has 6 N–H and O–H groups in total. The minimum Gasteiger partial charge on any atom is -0.344 e. The highest BCUT2D eigenvalue weighted by Crippen LogP contribution is 1.81. The first-order chi connectivity index (χ1) is 7.54. The standard InChI is InChI=1S/C2H7N.2C2H6O4S.H3N/c1-3-2;2*1-2-6-7(3,4)5;/h3H,1-2H3;2*2H2,1H3,(H,3,4,5);1H3. The summed E-state index contributed by atoms with van der Waals surface area (Å²) in [7, 11) is -4.60. The van der Waals surface area contributed by atoms with Crippen molar-refractivity contribution >= 4 is 20.8 Å². The van der Waals surface area contributed by atoms with E-state index in [0.29, 0.717) is 0 Å². The summed E-state index contributed by atoms with van der Waals surface area (Å²) in [6.45, 7) is 2.87. The minimum atomic E-state index is -4.17. The highest BCUT2D eigenvalue weighted by molar-refractivity contribution is 7.81. The maximum atomic E-state index is 9.56. The van der Waals surface area contributed by atoms with Crippen molar-refractivity contribution in [2.45, 2.75) is 13.8 Å². The Balaban J connectivity index is -0.0000000857. The fourth-order valence-corrected chi connectivity index (χ4v) is 0.894. The molecule has 0 spiro atoms. The maximum Gasteiger partial charge on any atom is 0.397 e. The van der Waals surface area contributed by atoms with Crippen LogP contribution in [0.25, 0.3) is 0 Å². The lowest BCUT2D eigenvalue weighted by Crippen LogP contribution is -2.01. The van der Waals surface area contributed by atoms with Gasteiger partial charge in [-0.3, -0.25) is 9.11 Å². The fourth-order valence-electron chi connectivity index (χ4n) is 0.298. The smallest absolute Gasteiger partial charge is 0.344 e. The van der Waals surface area contributed by atoms with Crippen molar-refractivity contribution in [2.75, 3.05) is 27.3 Å². The Bertz CT molecular complexity index is 305. The molecular weight excluding hydrogens is 292 g/mol. The van der Waals surface area contributed by atoms with E-state index in [1.165, 1.54) is 13.8 Å². The lowest BCUT2D eigenvalue weighted by molar-refractivity contribution is 0.281. The molecule has 0 heterocycles. The van der Waals surface area contributed by atoms with Gasteiger partial charge in [-0.05, 0) is 27.9 Å². The number of hydrogen-bond donors (Lipinski definition) is 4. The molecule has 0 bridgehead atoms. The second-order valence-corrected chi connectivity index (χ2v) is 4.35. The molecule has 0 aromatic carbocycles. The van der Waals surface area contributed by atoms with Crippen LogP contribution in [-0.2, 0) is 29.2 Å². The zero-order valence-electron chi connectivity index (χ0n) is 10.8. The number of rotatable bonds is 4. The molecule has 0 saturated carbocycles. The third-order valence-corrected chi connectivity index (χ3v) is 1.60. The van der Waals surface area contributed by atoms with Gasteiger partial charge in [0.05, 0.1) is 13.2 Å². The predicted octanol–water partition coefficient (Wildman–Crippen LogP) is -0.351. The monoisotopic (exact) mass is 314 g/mol. The van der Waals surface area contributed by atoms with Crippen molar-refractivity contribution in [3.8, 4) is 0 Å². The zero-order valence-corrected chi connectivity index (χ0v) is 12.4. The van der Waals surface area contributed by atoms with Gasteiger partial charge in [-0.15, -0.1) is 0 Å². The van der Waals surface area contributed by atoms with E-state index in [2.05, 4.69) is 13.7 Å². The van der Waals surface area contributed by atoms with Gasteiger partial charge in [0.15, 0.2) is 0 Å². The van der Waals surface area contributed by atoms with E-state index >= 15 is 0 Å². The Labute approximate surface area is 108 Å². The molecule has 12 heteroatoms. The van der Waals surface area contributed by atoms with E-state index < -0.39 is 20.8 Å². The second kappa shape index (κ2) is 14.7. The van der Waals surface area contributed by atoms with Crippen LogP contribution in [0.1, 0.15) is 13.8 Å². The van der Waals surface area contributed by atoms with Crippen LogP contribution in [0.15, 0.2) is 0 Å². The maximum absolute atomic E-state index is 9.56. The highest BCUT2D eigenvalue weighted by Gasteiger charge is 1.98. The molecule has 0 atom stereocenters. The summed E-state index contributed by atoms with van der Waals surface area (Å²) in [6.07, 6.45) is 0. The summed E-state index contributed by atoms with van der Waals surface area (Å²) < 4.78 is 61.3. The molecule has 0 aromatic heterocycles. The Morgan fingerprint density at radius 3 is 1.06 bits per heavy atom. The number of hydrogen-bond acceptors (Lipinski definition) is 8. The summed E-state index contributed by atoms with van der Waals surface area (Å²) in [5.41, 5.74) is 0. The largest absolute Gasteiger partial charge is 0.397 e. The van der Waals surface area contributed by atoms with Crippen LogP contribution < -0.4 is 11.5 Å². The van der Waals surface area contributed by atoms with Gasteiger partial charge in [0.1, 0.15) is 0 Å². The molecule has 10 nitrogen and oxygen atoms in total. The SMILES string of the molecule is CCOS(=O)(=O)O.CCOS(=O)(=O)O.CNC.N. The van der Waals surface area contributed by atoms with Gasteiger partial charge in [0.25, 0.3) is 0 Å².